The van der Waals surface area contributed by atoms with Crippen molar-refractivity contribution in [3.05, 3.63) is 0 Å². The Morgan fingerprint density at radius 3 is 2.00 bits per heavy atom. The van der Waals surface area contributed by atoms with E-state index in [4.69, 9.17) is 9.90 Å². The second kappa shape index (κ2) is 2.51. The summed E-state index contributed by atoms with van der Waals surface area (Å²) in [7, 11) is 0. The van der Waals surface area contributed by atoms with Crippen molar-refractivity contribution in [1.29, 1.82) is 0 Å². The van der Waals surface area contributed by atoms with Crippen LogP contribution in [0.4, 0.5) is 4.79 Å². The third kappa shape index (κ3) is 10.4. The van der Waals surface area contributed by atoms with E-state index in [9.17, 15) is 0 Å². The monoisotopic (exact) mass is 130 g/mol. The van der Waals surface area contributed by atoms with Crippen LogP contribution in [0.15, 0.2) is 0 Å². The summed E-state index contributed by atoms with van der Waals surface area (Å²) in [5.74, 6) is 0. The Hall–Kier alpha value is 1.28. The SMILES string of the molecule is O=[C](O)[Rb]. The topological polar surface area (TPSA) is 37.3 Å². The molecule has 0 aliphatic heterocycles. The summed E-state index contributed by atoms with van der Waals surface area (Å²) in [6.07, 6.45) is 0. The molecule has 3 heteroatoms. The van der Waals surface area contributed by atoms with Crippen molar-refractivity contribution in [2.24, 2.45) is 0 Å². The molecule has 4 heavy (non-hydrogen) atoms. The van der Waals surface area contributed by atoms with E-state index in [0.717, 1.165) is 0 Å². The fraction of sp³-hybridized carbons (Fsp3) is 0. The van der Waals surface area contributed by atoms with Crippen molar-refractivity contribution in [3.8, 4) is 0 Å². The first-order valence-electron chi connectivity index (χ1n) is 0.928. The summed E-state index contributed by atoms with van der Waals surface area (Å²) < 4.78 is -0.623. The fourth-order valence-corrected chi connectivity index (χ4v) is 0. The van der Waals surface area contributed by atoms with Crippen LogP contribution in [-0.2, 0) is 0 Å². The van der Waals surface area contributed by atoms with Crippen molar-refractivity contribution in [2.45, 2.75) is 0 Å². The minimum absolute atomic E-state index is 0.153. The summed E-state index contributed by atoms with van der Waals surface area (Å²) in [5.41, 5.74) is 0. The quantitative estimate of drug-likeness (QED) is 0.495. The van der Waals surface area contributed by atoms with E-state index < -0.39 is -0.962 Å². The van der Waals surface area contributed by atoms with Crippen LogP contribution < -0.4 is 0 Å². The van der Waals surface area contributed by atoms with Crippen molar-refractivity contribution in [3.63, 3.8) is 0 Å². The van der Waals surface area contributed by atoms with Crippen LogP contribution >= 0.6 is 0 Å². The molecule has 0 saturated carbocycles. The minimum atomic E-state index is -0.623. The Kier molecular flexibility index (Phi) is 3.31. The molecule has 0 aromatic carbocycles. The molecule has 0 bridgehead atoms. The van der Waals surface area contributed by atoms with Gasteiger partial charge < -0.3 is 0 Å². The number of hydrogen-bond donors (Lipinski definition) is 1. The zero-order valence-electron chi connectivity index (χ0n) is 2.36. The third-order valence-corrected chi connectivity index (χ3v) is 0. The Balaban J connectivity index is 2.80. The molecule has 2 nitrogen and oxygen atoms in total. The van der Waals surface area contributed by atoms with Crippen LogP contribution in [0.3, 0.4) is 0 Å². The molecule has 0 radical (unpaired) electrons. The Labute approximate surface area is 62.9 Å². The van der Waals surface area contributed by atoms with Gasteiger partial charge in [0.15, 0.2) is 0 Å². The van der Waals surface area contributed by atoms with Gasteiger partial charge in [-0.3, -0.25) is 0 Å². The van der Waals surface area contributed by atoms with Crippen LogP contribution in [0.5, 0.6) is 0 Å². The van der Waals surface area contributed by atoms with E-state index >= 15 is 0 Å². The van der Waals surface area contributed by atoms with Gasteiger partial charge in [0, 0.05) is 0 Å². The third-order valence-electron chi connectivity index (χ3n) is 0. The Morgan fingerprint density at radius 2 is 2.00 bits per heavy atom. The molecule has 0 aliphatic rings. The first kappa shape index (κ1) is 5.28. The van der Waals surface area contributed by atoms with E-state index in [1.807, 2.05) is 0 Å². The van der Waals surface area contributed by atoms with Crippen LogP contribution in [0.25, 0.3) is 0 Å². The van der Waals surface area contributed by atoms with Gasteiger partial charge in [0.2, 0.25) is 0 Å². The second-order valence-electron chi connectivity index (χ2n) is 0.519. The Morgan fingerprint density at radius 1 is 2.00 bits per heavy atom. The molecule has 0 heterocycles. The Bertz CT molecular complexity index is 29.0. The average molecular weight is 130 g/mol. The molecular weight excluding hydrogens is 129 g/mol. The molecule has 0 aromatic heterocycles. The number of rotatable bonds is 0. The number of hydrogen-bond acceptors (Lipinski definition) is 1. The summed E-state index contributed by atoms with van der Waals surface area (Å²) in [4.78, 5) is 9.09. The number of carbonyl (C=O) groups is 1. The molecule has 0 aromatic rings. The standard InChI is InChI=1S/CHO2.Rb/c2-1-3;/h(H,2,3);. The zero-order chi connectivity index (χ0) is 3.58. The van der Waals surface area contributed by atoms with Gasteiger partial charge in [0.05, 0.1) is 0 Å². The summed E-state index contributed by atoms with van der Waals surface area (Å²) in [6, 6.07) is 0. The molecule has 18 valence electrons. The fourth-order valence-electron chi connectivity index (χ4n) is 0. The predicted molar refractivity (Wildman–Crippen MR) is 13.8 cm³/mol. The van der Waals surface area contributed by atoms with Gasteiger partial charge in [-0.1, -0.05) is 0 Å². The molecule has 0 unspecified atom stereocenters. The van der Waals surface area contributed by atoms with Crippen molar-refractivity contribution in [2.75, 3.05) is 0 Å². The van der Waals surface area contributed by atoms with Crippen molar-refractivity contribution in [1.82, 2.24) is 0 Å². The van der Waals surface area contributed by atoms with E-state index in [0.29, 0.717) is 0 Å². The molecule has 0 spiro atoms. The molecule has 0 saturated heterocycles. The van der Waals surface area contributed by atoms with Crippen LogP contribution in [0.2, 0.25) is 0 Å². The zero-order valence-corrected chi connectivity index (χ0v) is 7.27. The van der Waals surface area contributed by atoms with Crippen molar-refractivity contribution >= 4 is 54.6 Å². The van der Waals surface area contributed by atoms with Gasteiger partial charge in [0.25, 0.3) is 0 Å². The van der Waals surface area contributed by atoms with Gasteiger partial charge >= 0.3 is 64.5 Å². The summed E-state index contributed by atoms with van der Waals surface area (Å²) >= 11 is -0.153. The van der Waals surface area contributed by atoms with E-state index in [2.05, 4.69) is 0 Å². The maximum atomic E-state index is 9.09. The average Bonchev–Trinajstić information content (AvgIpc) is 0.811. The molecule has 0 fully saturated rings. The summed E-state index contributed by atoms with van der Waals surface area (Å²) in [5, 5.41) is 7.51. The van der Waals surface area contributed by atoms with Crippen LogP contribution in [-0.4, -0.2) is 59.7 Å². The molecule has 0 aliphatic carbocycles. The van der Waals surface area contributed by atoms with Gasteiger partial charge in [-0.2, -0.15) is 0 Å². The van der Waals surface area contributed by atoms with E-state index in [1.54, 1.807) is 0 Å². The first-order chi connectivity index (χ1) is 1.73. The van der Waals surface area contributed by atoms with Gasteiger partial charge in [0.1, 0.15) is 0 Å². The normalized spacial score (nSPS) is 6.50. The predicted octanol–water partition coefficient (Wildman–Crippen LogP) is -0.167. The maximum absolute atomic E-state index is 9.09. The summed E-state index contributed by atoms with van der Waals surface area (Å²) in [6.45, 7) is 0. The van der Waals surface area contributed by atoms with Crippen LogP contribution in [0, 0.1) is 0 Å². The van der Waals surface area contributed by atoms with E-state index in [1.165, 1.54) is 0 Å². The molecule has 0 rings (SSSR count). The van der Waals surface area contributed by atoms with Crippen molar-refractivity contribution < 1.29 is 9.90 Å². The number of carboxylic acid groups (broad SMARTS) is 1. The molecule has 0 amide bonds. The van der Waals surface area contributed by atoms with Gasteiger partial charge in [-0.05, 0) is 0 Å². The first-order valence-corrected chi connectivity index (χ1v) is 3.39. The van der Waals surface area contributed by atoms with Gasteiger partial charge in [-0.25, -0.2) is 0 Å². The molecule has 0 atom stereocenters. The van der Waals surface area contributed by atoms with E-state index in [-0.39, 0.29) is 55.5 Å². The van der Waals surface area contributed by atoms with Gasteiger partial charge in [-0.15, -0.1) is 0 Å². The van der Waals surface area contributed by atoms with Crippen LogP contribution in [0.1, 0.15) is 0 Å². The molecule has 1 N–H and O–H groups in total. The second-order valence-corrected chi connectivity index (χ2v) is 2.62. The molecular formula is CHO2Rb.